The number of rotatable bonds is 4. The number of methoxy groups -OCH3 is 1. The Labute approximate surface area is 121 Å². The smallest absolute Gasteiger partial charge is 0.195 e. The quantitative estimate of drug-likeness (QED) is 0.882. The van der Waals surface area contributed by atoms with Gasteiger partial charge in [-0.2, -0.15) is 5.10 Å². The second-order valence-electron chi connectivity index (χ2n) is 5.28. The minimum atomic E-state index is -0.0189. The molecule has 0 atom stereocenters. The molecule has 2 rings (SSSR count). The first-order valence-corrected chi connectivity index (χ1v) is 7.32. The molecule has 0 aliphatic heterocycles. The summed E-state index contributed by atoms with van der Waals surface area (Å²) in [5.41, 5.74) is 2.88. The molecule has 0 aliphatic carbocycles. The zero-order valence-electron chi connectivity index (χ0n) is 11.6. The predicted molar refractivity (Wildman–Crippen MR) is 79.1 cm³/mol. The first kappa shape index (κ1) is 14.4. The lowest BCUT2D eigenvalue weighted by atomic mass is 9.91. The maximum Gasteiger partial charge on any atom is 0.195 e. The number of hydrogen-bond donors (Lipinski definition) is 1. The number of nitrogens with zero attached hydrogens (tertiary/aromatic N) is 3. The molecule has 0 saturated heterocycles. The van der Waals surface area contributed by atoms with E-state index in [2.05, 4.69) is 36.0 Å². The number of nitrogens with one attached hydrogen (secondary N) is 1. The third kappa shape index (κ3) is 2.93. The standard InChI is InChI=1S/C12H18N4OS2/c1-12(2,3)9-8(19-7-13-9)10-14-15-11(18)16(10)5-6-17-4/h7H,5-6H2,1-4H3,(H,15,18). The van der Waals surface area contributed by atoms with Crippen molar-refractivity contribution in [1.82, 2.24) is 19.7 Å². The topological polar surface area (TPSA) is 55.7 Å². The van der Waals surface area contributed by atoms with Crippen molar-refractivity contribution in [2.75, 3.05) is 13.7 Å². The highest BCUT2D eigenvalue weighted by molar-refractivity contribution is 7.71. The van der Waals surface area contributed by atoms with E-state index in [0.717, 1.165) is 16.4 Å². The van der Waals surface area contributed by atoms with Gasteiger partial charge in [-0.3, -0.25) is 9.67 Å². The van der Waals surface area contributed by atoms with Gasteiger partial charge in [-0.15, -0.1) is 11.3 Å². The molecule has 5 nitrogen and oxygen atoms in total. The first-order valence-electron chi connectivity index (χ1n) is 6.03. The first-order chi connectivity index (χ1) is 8.95. The molecule has 19 heavy (non-hydrogen) atoms. The number of thiazole rings is 1. The van der Waals surface area contributed by atoms with E-state index in [-0.39, 0.29) is 5.41 Å². The van der Waals surface area contributed by atoms with E-state index in [1.807, 2.05) is 10.1 Å². The Balaban J connectivity index is 2.48. The summed E-state index contributed by atoms with van der Waals surface area (Å²) >= 11 is 6.86. The van der Waals surface area contributed by atoms with Crippen LogP contribution in [0.3, 0.4) is 0 Å². The van der Waals surface area contributed by atoms with Crippen molar-refractivity contribution in [1.29, 1.82) is 0 Å². The summed E-state index contributed by atoms with van der Waals surface area (Å²) in [5.74, 6) is 0.842. The Morgan fingerprint density at radius 1 is 1.47 bits per heavy atom. The van der Waals surface area contributed by atoms with Crippen molar-refractivity contribution in [3.8, 4) is 10.7 Å². The van der Waals surface area contributed by atoms with Gasteiger partial charge in [0.2, 0.25) is 0 Å². The van der Waals surface area contributed by atoms with Crippen molar-refractivity contribution >= 4 is 23.6 Å². The molecule has 0 radical (unpaired) electrons. The van der Waals surface area contributed by atoms with Crippen LogP contribution in [0.4, 0.5) is 0 Å². The lowest BCUT2D eigenvalue weighted by Gasteiger charge is -2.17. The summed E-state index contributed by atoms with van der Waals surface area (Å²) < 4.78 is 7.69. The SMILES string of the molecule is COCCn1c(-c2scnc2C(C)(C)C)n[nH]c1=S. The van der Waals surface area contributed by atoms with Gasteiger partial charge in [0.05, 0.1) is 29.2 Å². The molecule has 0 amide bonds. The van der Waals surface area contributed by atoms with Gasteiger partial charge in [0, 0.05) is 12.5 Å². The molecule has 0 saturated carbocycles. The van der Waals surface area contributed by atoms with Gasteiger partial charge in [-0.25, -0.2) is 4.98 Å². The third-order valence-electron chi connectivity index (χ3n) is 2.76. The number of hydrogen-bond acceptors (Lipinski definition) is 5. The Kier molecular flexibility index (Phi) is 4.17. The van der Waals surface area contributed by atoms with Gasteiger partial charge in [0.1, 0.15) is 0 Å². The third-order valence-corrected chi connectivity index (χ3v) is 3.89. The van der Waals surface area contributed by atoms with E-state index in [1.54, 1.807) is 18.4 Å². The molecule has 0 aromatic carbocycles. The Bertz CT molecular complexity index is 606. The molecule has 2 heterocycles. The van der Waals surface area contributed by atoms with E-state index in [9.17, 15) is 0 Å². The fourth-order valence-corrected chi connectivity index (χ4v) is 3.04. The number of aromatic amines is 1. The summed E-state index contributed by atoms with van der Waals surface area (Å²) in [5, 5.41) is 7.20. The van der Waals surface area contributed by atoms with E-state index in [0.29, 0.717) is 17.9 Å². The normalized spacial score (nSPS) is 12.0. The maximum absolute atomic E-state index is 5.27. The molecule has 0 bridgehead atoms. The second kappa shape index (κ2) is 5.52. The van der Waals surface area contributed by atoms with Crippen LogP contribution in [0.1, 0.15) is 26.5 Å². The molecule has 0 unspecified atom stereocenters. The van der Waals surface area contributed by atoms with Gasteiger partial charge < -0.3 is 4.74 Å². The van der Waals surface area contributed by atoms with Crippen LogP contribution in [0.5, 0.6) is 0 Å². The summed E-state index contributed by atoms with van der Waals surface area (Å²) in [6.45, 7) is 7.72. The van der Waals surface area contributed by atoms with Crippen molar-refractivity contribution in [3.05, 3.63) is 16.0 Å². The molecule has 104 valence electrons. The highest BCUT2D eigenvalue weighted by Gasteiger charge is 2.24. The molecule has 0 spiro atoms. The summed E-state index contributed by atoms with van der Waals surface area (Å²) in [4.78, 5) is 5.55. The summed E-state index contributed by atoms with van der Waals surface area (Å²) in [6, 6.07) is 0. The highest BCUT2D eigenvalue weighted by atomic mass is 32.1. The molecule has 7 heteroatoms. The zero-order valence-corrected chi connectivity index (χ0v) is 13.2. The van der Waals surface area contributed by atoms with Crippen LogP contribution in [-0.2, 0) is 16.7 Å². The summed E-state index contributed by atoms with van der Waals surface area (Å²) in [6.07, 6.45) is 0. The number of H-pyrrole nitrogens is 1. The monoisotopic (exact) mass is 298 g/mol. The minimum Gasteiger partial charge on any atom is -0.383 e. The average Bonchev–Trinajstić information content (AvgIpc) is 2.92. The Morgan fingerprint density at radius 3 is 2.84 bits per heavy atom. The van der Waals surface area contributed by atoms with E-state index in [4.69, 9.17) is 17.0 Å². The van der Waals surface area contributed by atoms with Crippen LogP contribution in [0.2, 0.25) is 0 Å². The number of ether oxygens (including phenoxy) is 1. The van der Waals surface area contributed by atoms with Gasteiger partial charge in [-0.05, 0) is 12.2 Å². The minimum absolute atomic E-state index is 0.0189. The average molecular weight is 298 g/mol. The molecule has 0 aliphatic rings. The van der Waals surface area contributed by atoms with E-state index >= 15 is 0 Å². The second-order valence-corrected chi connectivity index (χ2v) is 6.52. The summed E-state index contributed by atoms with van der Waals surface area (Å²) in [7, 11) is 1.68. The molecule has 0 fully saturated rings. The lowest BCUT2D eigenvalue weighted by molar-refractivity contribution is 0.187. The fraction of sp³-hybridized carbons (Fsp3) is 0.583. The van der Waals surface area contributed by atoms with Crippen molar-refractivity contribution in [2.24, 2.45) is 0 Å². The Hall–Kier alpha value is -1.05. The maximum atomic E-state index is 5.27. The molecule has 2 aromatic heterocycles. The van der Waals surface area contributed by atoms with Crippen molar-refractivity contribution in [3.63, 3.8) is 0 Å². The molecule has 1 N–H and O–H groups in total. The van der Waals surface area contributed by atoms with Crippen molar-refractivity contribution < 1.29 is 4.74 Å². The van der Waals surface area contributed by atoms with Crippen molar-refractivity contribution in [2.45, 2.75) is 32.7 Å². The molecule has 2 aromatic rings. The van der Waals surface area contributed by atoms with Crippen LogP contribution in [-0.4, -0.2) is 33.5 Å². The number of aromatic nitrogens is 4. The largest absolute Gasteiger partial charge is 0.383 e. The van der Waals surface area contributed by atoms with Crippen LogP contribution in [0, 0.1) is 4.77 Å². The molecular formula is C12H18N4OS2. The zero-order chi connectivity index (χ0) is 14.0. The molecular weight excluding hydrogens is 280 g/mol. The lowest BCUT2D eigenvalue weighted by Crippen LogP contribution is -2.14. The van der Waals surface area contributed by atoms with E-state index < -0.39 is 0 Å². The van der Waals surface area contributed by atoms with Gasteiger partial charge in [-0.1, -0.05) is 20.8 Å². The van der Waals surface area contributed by atoms with E-state index in [1.165, 1.54) is 0 Å². The Morgan fingerprint density at radius 2 is 2.21 bits per heavy atom. The predicted octanol–water partition coefficient (Wildman–Crippen LogP) is 3.01. The fourth-order valence-electron chi connectivity index (χ4n) is 1.82. The van der Waals surface area contributed by atoms with Gasteiger partial charge in [0.25, 0.3) is 0 Å². The van der Waals surface area contributed by atoms with Gasteiger partial charge >= 0.3 is 0 Å². The van der Waals surface area contributed by atoms with Crippen LogP contribution < -0.4 is 0 Å². The van der Waals surface area contributed by atoms with Crippen LogP contribution >= 0.6 is 23.6 Å². The van der Waals surface area contributed by atoms with Gasteiger partial charge in [0.15, 0.2) is 10.6 Å². The highest BCUT2D eigenvalue weighted by Crippen LogP contribution is 2.34. The van der Waals surface area contributed by atoms with Crippen LogP contribution in [0.15, 0.2) is 5.51 Å². The van der Waals surface area contributed by atoms with Crippen LogP contribution in [0.25, 0.3) is 10.7 Å².